The van der Waals surface area contributed by atoms with Crippen LogP contribution in [-0.2, 0) is 0 Å². The topological polar surface area (TPSA) is 68.0 Å². The van der Waals surface area contributed by atoms with Crippen molar-refractivity contribution in [1.82, 2.24) is 10.3 Å². The molecule has 1 amide bonds. The summed E-state index contributed by atoms with van der Waals surface area (Å²) in [6.07, 6.45) is 5.55. The van der Waals surface area contributed by atoms with Crippen LogP contribution < -0.4 is 11.1 Å². The van der Waals surface area contributed by atoms with Gasteiger partial charge in [-0.25, -0.2) is 0 Å². The van der Waals surface area contributed by atoms with Gasteiger partial charge in [-0.3, -0.25) is 9.78 Å². The lowest BCUT2D eigenvalue weighted by molar-refractivity contribution is 0.0930. The van der Waals surface area contributed by atoms with E-state index < -0.39 is 0 Å². The average molecular weight is 344 g/mol. The van der Waals surface area contributed by atoms with E-state index in [1.807, 2.05) is 24.3 Å². The van der Waals surface area contributed by atoms with Gasteiger partial charge in [0.2, 0.25) is 0 Å². The van der Waals surface area contributed by atoms with Gasteiger partial charge in [-0.05, 0) is 62.4 Å². The molecule has 2 fully saturated rings. The molecule has 5 heteroatoms. The van der Waals surface area contributed by atoms with E-state index in [0.29, 0.717) is 29.0 Å². The third-order valence-electron chi connectivity index (χ3n) is 5.31. The zero-order valence-corrected chi connectivity index (χ0v) is 14.4. The van der Waals surface area contributed by atoms with Gasteiger partial charge in [0.25, 0.3) is 5.91 Å². The molecular formula is C19H22ClN3O. The molecule has 2 aliphatic rings. The van der Waals surface area contributed by atoms with E-state index in [1.54, 1.807) is 0 Å². The van der Waals surface area contributed by atoms with Crippen molar-refractivity contribution in [1.29, 1.82) is 0 Å². The third kappa shape index (κ3) is 3.01. The van der Waals surface area contributed by atoms with Crippen molar-refractivity contribution < 1.29 is 4.79 Å². The summed E-state index contributed by atoms with van der Waals surface area (Å²) in [5, 5.41) is 4.65. The van der Waals surface area contributed by atoms with Crippen LogP contribution in [0.2, 0.25) is 5.02 Å². The summed E-state index contributed by atoms with van der Waals surface area (Å²) >= 11 is 6.15. The Hall–Kier alpha value is -1.65. The zero-order valence-electron chi connectivity index (χ0n) is 13.6. The molecule has 0 spiro atoms. The van der Waals surface area contributed by atoms with Gasteiger partial charge in [-0.2, -0.15) is 0 Å². The van der Waals surface area contributed by atoms with Crippen LogP contribution >= 0.6 is 11.6 Å². The van der Waals surface area contributed by atoms with E-state index in [2.05, 4.69) is 5.32 Å². The molecular weight excluding hydrogens is 322 g/mol. The molecule has 3 N–H and O–H groups in total. The largest absolute Gasteiger partial charge is 0.349 e. The van der Waals surface area contributed by atoms with E-state index in [0.717, 1.165) is 48.7 Å². The second-order valence-corrected chi connectivity index (χ2v) is 7.47. The summed E-state index contributed by atoms with van der Waals surface area (Å²) in [7, 11) is 0. The van der Waals surface area contributed by atoms with Gasteiger partial charge in [0.15, 0.2) is 0 Å². The molecule has 1 aromatic carbocycles. The van der Waals surface area contributed by atoms with Crippen LogP contribution in [0.15, 0.2) is 24.3 Å². The Morgan fingerprint density at radius 1 is 1.25 bits per heavy atom. The Labute approximate surface area is 146 Å². The predicted octanol–water partition coefficient (Wildman–Crippen LogP) is 3.62. The molecule has 0 aliphatic heterocycles. The summed E-state index contributed by atoms with van der Waals surface area (Å²) in [6.45, 7) is 0.626. The number of carbonyl (C=O) groups excluding carboxylic acids is 1. The van der Waals surface area contributed by atoms with E-state index in [9.17, 15) is 4.79 Å². The number of aromatic nitrogens is 1. The van der Waals surface area contributed by atoms with Crippen LogP contribution in [0.3, 0.4) is 0 Å². The highest BCUT2D eigenvalue weighted by Gasteiger charge is 2.30. The van der Waals surface area contributed by atoms with E-state index in [4.69, 9.17) is 22.3 Å². The molecule has 2 aromatic rings. The SMILES string of the molecule is NCC1CCCC1NC(=O)c1cc(C2CC2)nc2ccc(Cl)cc12. The first-order valence-electron chi connectivity index (χ1n) is 8.77. The van der Waals surface area contributed by atoms with E-state index >= 15 is 0 Å². The van der Waals surface area contributed by atoms with Crippen LogP contribution in [-0.4, -0.2) is 23.5 Å². The Morgan fingerprint density at radius 2 is 2.08 bits per heavy atom. The Bertz CT molecular complexity index is 788. The number of pyridine rings is 1. The molecule has 4 nitrogen and oxygen atoms in total. The molecule has 1 aromatic heterocycles. The molecule has 0 bridgehead atoms. The minimum atomic E-state index is -0.0306. The first-order chi connectivity index (χ1) is 11.7. The van der Waals surface area contributed by atoms with Crippen molar-refractivity contribution in [3.8, 4) is 0 Å². The van der Waals surface area contributed by atoms with Crippen molar-refractivity contribution in [2.75, 3.05) is 6.54 Å². The quantitative estimate of drug-likeness (QED) is 0.890. The van der Waals surface area contributed by atoms with Crippen molar-refractivity contribution >= 4 is 28.4 Å². The summed E-state index contributed by atoms with van der Waals surface area (Å²) in [5.74, 6) is 0.852. The molecule has 126 valence electrons. The van der Waals surface area contributed by atoms with Crippen LogP contribution in [0.25, 0.3) is 10.9 Å². The molecule has 2 atom stereocenters. The lowest BCUT2D eigenvalue weighted by Crippen LogP contribution is -2.40. The number of amides is 1. The molecule has 2 saturated carbocycles. The Balaban J connectivity index is 1.70. The number of halogens is 1. The number of rotatable bonds is 4. The average Bonchev–Trinajstić information content (AvgIpc) is 3.34. The third-order valence-corrected chi connectivity index (χ3v) is 5.54. The summed E-state index contributed by atoms with van der Waals surface area (Å²) in [6, 6.07) is 7.70. The fourth-order valence-corrected chi connectivity index (χ4v) is 3.92. The van der Waals surface area contributed by atoms with Crippen molar-refractivity contribution in [2.24, 2.45) is 11.7 Å². The molecule has 4 rings (SSSR count). The standard InChI is InChI=1S/C19H22ClN3O/c20-13-6-7-17-14(8-13)15(9-18(22-17)11-4-5-11)19(24)23-16-3-1-2-12(16)10-21/h6-9,11-12,16H,1-5,10,21H2,(H,23,24). The van der Waals surface area contributed by atoms with Crippen molar-refractivity contribution in [3.05, 3.63) is 40.5 Å². The van der Waals surface area contributed by atoms with Crippen LogP contribution in [0.4, 0.5) is 0 Å². The minimum Gasteiger partial charge on any atom is -0.349 e. The van der Waals surface area contributed by atoms with Crippen molar-refractivity contribution in [3.63, 3.8) is 0 Å². The van der Waals surface area contributed by atoms with Crippen LogP contribution in [0.1, 0.15) is 54.1 Å². The Morgan fingerprint density at radius 3 is 2.83 bits per heavy atom. The highest BCUT2D eigenvalue weighted by atomic mass is 35.5. The smallest absolute Gasteiger partial charge is 0.252 e. The first-order valence-corrected chi connectivity index (χ1v) is 9.14. The maximum Gasteiger partial charge on any atom is 0.252 e. The summed E-state index contributed by atoms with van der Waals surface area (Å²) in [4.78, 5) is 17.7. The zero-order chi connectivity index (χ0) is 16.7. The van der Waals surface area contributed by atoms with Crippen LogP contribution in [0.5, 0.6) is 0 Å². The number of benzene rings is 1. The molecule has 2 aliphatic carbocycles. The predicted molar refractivity (Wildman–Crippen MR) is 96.4 cm³/mol. The Kier molecular flexibility index (Phi) is 4.19. The number of nitrogens with zero attached hydrogens (tertiary/aromatic N) is 1. The number of nitrogens with two attached hydrogens (primary N) is 1. The van der Waals surface area contributed by atoms with Gasteiger partial charge in [0, 0.05) is 28.1 Å². The highest BCUT2D eigenvalue weighted by Crippen LogP contribution is 2.40. The number of hydrogen-bond acceptors (Lipinski definition) is 3. The monoisotopic (exact) mass is 343 g/mol. The molecule has 0 saturated heterocycles. The number of hydrogen-bond donors (Lipinski definition) is 2. The summed E-state index contributed by atoms with van der Waals surface area (Å²) in [5.41, 5.74) is 8.40. The van der Waals surface area contributed by atoms with Gasteiger partial charge in [-0.1, -0.05) is 18.0 Å². The van der Waals surface area contributed by atoms with Gasteiger partial charge in [0.1, 0.15) is 0 Å². The van der Waals surface area contributed by atoms with Crippen LogP contribution in [0, 0.1) is 5.92 Å². The van der Waals surface area contributed by atoms with Gasteiger partial charge >= 0.3 is 0 Å². The summed E-state index contributed by atoms with van der Waals surface area (Å²) < 4.78 is 0. The van der Waals surface area contributed by atoms with Gasteiger partial charge in [-0.15, -0.1) is 0 Å². The van der Waals surface area contributed by atoms with Crippen molar-refractivity contribution in [2.45, 2.75) is 44.1 Å². The van der Waals surface area contributed by atoms with E-state index in [1.165, 1.54) is 0 Å². The molecule has 1 heterocycles. The highest BCUT2D eigenvalue weighted by molar-refractivity contribution is 6.31. The lowest BCUT2D eigenvalue weighted by Gasteiger charge is -2.20. The second-order valence-electron chi connectivity index (χ2n) is 7.04. The van der Waals surface area contributed by atoms with Gasteiger partial charge in [0.05, 0.1) is 11.1 Å². The lowest BCUT2D eigenvalue weighted by atomic mass is 10.0. The van der Waals surface area contributed by atoms with Gasteiger partial charge < -0.3 is 11.1 Å². The molecule has 2 unspecified atom stereocenters. The number of carbonyl (C=O) groups is 1. The maximum absolute atomic E-state index is 13.0. The minimum absolute atomic E-state index is 0.0306. The fourth-order valence-electron chi connectivity index (χ4n) is 3.75. The second kappa shape index (κ2) is 6.34. The maximum atomic E-state index is 13.0. The number of nitrogens with one attached hydrogen (secondary N) is 1. The van der Waals surface area contributed by atoms with E-state index in [-0.39, 0.29) is 11.9 Å². The fraction of sp³-hybridized carbons (Fsp3) is 0.474. The molecule has 24 heavy (non-hydrogen) atoms. The molecule has 0 radical (unpaired) electrons. The first kappa shape index (κ1) is 15.9. The normalized spacial score (nSPS) is 23.6. The number of fused-ring (bicyclic) bond motifs is 1.